The highest BCUT2D eigenvalue weighted by Crippen LogP contribution is 2.38. The van der Waals surface area contributed by atoms with E-state index in [0.29, 0.717) is 6.61 Å². The molecule has 0 radical (unpaired) electrons. The van der Waals surface area contributed by atoms with Gasteiger partial charge in [-0.25, -0.2) is 0 Å². The van der Waals surface area contributed by atoms with Crippen molar-refractivity contribution in [3.63, 3.8) is 0 Å². The fraction of sp³-hybridized carbons (Fsp3) is 0.462. The predicted octanol–water partition coefficient (Wildman–Crippen LogP) is 3.37. The molecule has 1 aliphatic carbocycles. The van der Waals surface area contributed by atoms with Gasteiger partial charge in [0.25, 0.3) is 0 Å². The third-order valence-corrected chi connectivity index (χ3v) is 3.95. The molecule has 1 saturated carbocycles. The molecular formula is C13H13BrO2. The van der Waals surface area contributed by atoms with Crippen LogP contribution in [0.1, 0.15) is 35.2 Å². The molecule has 0 saturated heterocycles. The van der Waals surface area contributed by atoms with Crippen LogP contribution in [0.25, 0.3) is 0 Å². The summed E-state index contributed by atoms with van der Waals surface area (Å²) in [6, 6.07) is 3.96. The smallest absolute Gasteiger partial charge is 0.169 e. The van der Waals surface area contributed by atoms with Gasteiger partial charge < -0.3 is 4.74 Å². The first-order valence-electron chi connectivity index (χ1n) is 5.75. The van der Waals surface area contributed by atoms with Crippen LogP contribution < -0.4 is 4.74 Å². The van der Waals surface area contributed by atoms with E-state index in [1.165, 1.54) is 6.42 Å². The Labute approximate surface area is 103 Å². The number of carbonyl (C=O) groups excluding carboxylic acids is 1. The summed E-state index contributed by atoms with van der Waals surface area (Å²) in [5.41, 5.74) is 1.95. The van der Waals surface area contributed by atoms with Crippen LogP contribution in [-0.4, -0.2) is 12.4 Å². The third kappa shape index (κ3) is 1.58. The van der Waals surface area contributed by atoms with Gasteiger partial charge in [0.2, 0.25) is 0 Å². The number of hydrogen-bond donors (Lipinski definition) is 0. The number of rotatable bonds is 2. The molecule has 0 amide bonds. The molecule has 1 heterocycles. The Hall–Kier alpha value is -0.830. The molecule has 0 spiro atoms. The van der Waals surface area contributed by atoms with Gasteiger partial charge >= 0.3 is 0 Å². The standard InChI is InChI=1S/C13H13BrO2/c14-10-6-9-4-5-16-13(9)11(7-10)12(15)8-2-1-3-8/h6-8H,1-5H2. The van der Waals surface area contributed by atoms with E-state index in [-0.39, 0.29) is 11.7 Å². The second-order valence-corrected chi connectivity index (χ2v) is 5.45. The van der Waals surface area contributed by atoms with E-state index in [1.54, 1.807) is 0 Å². The Morgan fingerprint density at radius 2 is 2.19 bits per heavy atom. The van der Waals surface area contributed by atoms with Crippen LogP contribution >= 0.6 is 15.9 Å². The second-order valence-electron chi connectivity index (χ2n) is 4.53. The highest BCUT2D eigenvalue weighted by Gasteiger charge is 2.30. The fourth-order valence-corrected chi connectivity index (χ4v) is 2.85. The molecule has 3 rings (SSSR count). The van der Waals surface area contributed by atoms with Gasteiger partial charge in [0, 0.05) is 16.8 Å². The van der Waals surface area contributed by atoms with Crippen molar-refractivity contribution < 1.29 is 9.53 Å². The number of halogens is 1. The van der Waals surface area contributed by atoms with E-state index in [2.05, 4.69) is 22.0 Å². The van der Waals surface area contributed by atoms with E-state index < -0.39 is 0 Å². The summed E-state index contributed by atoms with van der Waals surface area (Å²) in [7, 11) is 0. The summed E-state index contributed by atoms with van der Waals surface area (Å²) >= 11 is 3.47. The lowest BCUT2D eigenvalue weighted by Gasteiger charge is -2.24. The highest BCUT2D eigenvalue weighted by molar-refractivity contribution is 9.10. The molecule has 0 bridgehead atoms. The summed E-state index contributed by atoms with van der Waals surface area (Å²) in [4.78, 5) is 12.2. The Morgan fingerprint density at radius 3 is 2.88 bits per heavy atom. The largest absolute Gasteiger partial charge is 0.492 e. The van der Waals surface area contributed by atoms with Gasteiger partial charge in [0.05, 0.1) is 12.2 Å². The molecule has 2 aliphatic rings. The van der Waals surface area contributed by atoms with Crippen LogP contribution in [-0.2, 0) is 6.42 Å². The van der Waals surface area contributed by atoms with Crippen molar-refractivity contribution in [3.8, 4) is 5.75 Å². The Balaban J connectivity index is 2.02. The summed E-state index contributed by atoms with van der Waals surface area (Å²) < 4.78 is 6.57. The van der Waals surface area contributed by atoms with Crippen LogP contribution in [0.3, 0.4) is 0 Å². The first-order valence-corrected chi connectivity index (χ1v) is 6.54. The van der Waals surface area contributed by atoms with Crippen LogP contribution in [0, 0.1) is 5.92 Å². The zero-order chi connectivity index (χ0) is 11.1. The third-order valence-electron chi connectivity index (χ3n) is 3.49. The number of fused-ring (bicyclic) bond motifs is 1. The normalized spacial score (nSPS) is 18.8. The summed E-state index contributed by atoms with van der Waals surface area (Å²) in [6.07, 6.45) is 4.19. The molecular weight excluding hydrogens is 268 g/mol. The zero-order valence-corrected chi connectivity index (χ0v) is 10.5. The van der Waals surface area contributed by atoms with Crippen molar-refractivity contribution in [2.75, 3.05) is 6.61 Å². The number of ether oxygens (including phenoxy) is 1. The number of Topliss-reactive ketones (excluding diaryl/α,β-unsaturated/α-hetero) is 1. The second kappa shape index (κ2) is 3.88. The molecule has 0 atom stereocenters. The lowest BCUT2D eigenvalue weighted by atomic mass is 9.79. The van der Waals surface area contributed by atoms with Crippen LogP contribution in [0.5, 0.6) is 5.75 Å². The minimum atomic E-state index is 0.239. The average Bonchev–Trinajstić information content (AvgIpc) is 2.60. The van der Waals surface area contributed by atoms with E-state index in [0.717, 1.165) is 40.6 Å². The van der Waals surface area contributed by atoms with E-state index in [4.69, 9.17) is 4.74 Å². The monoisotopic (exact) mass is 280 g/mol. The predicted molar refractivity (Wildman–Crippen MR) is 65.0 cm³/mol. The number of benzene rings is 1. The van der Waals surface area contributed by atoms with Crippen molar-refractivity contribution in [2.45, 2.75) is 25.7 Å². The molecule has 1 aliphatic heterocycles. The molecule has 3 heteroatoms. The minimum Gasteiger partial charge on any atom is -0.492 e. The first-order chi connectivity index (χ1) is 7.75. The Kier molecular flexibility index (Phi) is 2.51. The Bertz CT molecular complexity index is 449. The van der Waals surface area contributed by atoms with Gasteiger partial charge in [0.1, 0.15) is 5.75 Å². The van der Waals surface area contributed by atoms with Gasteiger partial charge in [-0.05, 0) is 30.5 Å². The summed E-state index contributed by atoms with van der Waals surface area (Å²) in [6.45, 7) is 0.705. The summed E-state index contributed by atoms with van der Waals surface area (Å²) in [5.74, 6) is 1.34. The van der Waals surface area contributed by atoms with Crippen molar-refractivity contribution in [1.82, 2.24) is 0 Å². The van der Waals surface area contributed by atoms with E-state index in [1.807, 2.05) is 6.07 Å². The molecule has 1 aromatic carbocycles. The van der Waals surface area contributed by atoms with Crippen LogP contribution in [0.4, 0.5) is 0 Å². The maximum absolute atomic E-state index is 12.2. The van der Waals surface area contributed by atoms with Gasteiger partial charge in [-0.1, -0.05) is 22.4 Å². The van der Waals surface area contributed by atoms with Crippen LogP contribution in [0.15, 0.2) is 16.6 Å². The number of hydrogen-bond acceptors (Lipinski definition) is 2. The van der Waals surface area contributed by atoms with Gasteiger partial charge in [-0.3, -0.25) is 4.79 Å². The SMILES string of the molecule is O=C(c1cc(Br)cc2c1OCC2)C1CCC1. The topological polar surface area (TPSA) is 26.3 Å². The maximum atomic E-state index is 12.2. The van der Waals surface area contributed by atoms with Gasteiger partial charge in [-0.15, -0.1) is 0 Å². The number of carbonyl (C=O) groups is 1. The van der Waals surface area contributed by atoms with Crippen molar-refractivity contribution in [2.24, 2.45) is 5.92 Å². The molecule has 0 aromatic heterocycles. The molecule has 84 valence electrons. The lowest BCUT2D eigenvalue weighted by Crippen LogP contribution is -2.22. The van der Waals surface area contributed by atoms with Crippen molar-refractivity contribution in [3.05, 3.63) is 27.7 Å². The van der Waals surface area contributed by atoms with E-state index in [9.17, 15) is 4.79 Å². The van der Waals surface area contributed by atoms with E-state index >= 15 is 0 Å². The lowest BCUT2D eigenvalue weighted by molar-refractivity contribution is 0.0852. The molecule has 0 unspecified atom stereocenters. The van der Waals surface area contributed by atoms with Gasteiger partial charge in [-0.2, -0.15) is 0 Å². The first kappa shape index (κ1) is 10.3. The Morgan fingerprint density at radius 1 is 1.38 bits per heavy atom. The van der Waals surface area contributed by atoms with Gasteiger partial charge in [0.15, 0.2) is 5.78 Å². The molecule has 16 heavy (non-hydrogen) atoms. The van der Waals surface area contributed by atoms with Crippen LogP contribution in [0.2, 0.25) is 0 Å². The molecule has 1 fully saturated rings. The molecule has 1 aromatic rings. The maximum Gasteiger partial charge on any atom is 0.169 e. The van der Waals surface area contributed by atoms with Crippen molar-refractivity contribution >= 4 is 21.7 Å². The highest BCUT2D eigenvalue weighted by atomic mass is 79.9. The summed E-state index contributed by atoms with van der Waals surface area (Å²) in [5, 5.41) is 0. The molecule has 0 N–H and O–H groups in total. The number of ketones is 1. The quantitative estimate of drug-likeness (QED) is 0.777. The fourth-order valence-electron chi connectivity index (χ4n) is 2.34. The van der Waals surface area contributed by atoms with Crippen molar-refractivity contribution in [1.29, 1.82) is 0 Å². The molecule has 2 nitrogen and oxygen atoms in total. The average molecular weight is 281 g/mol. The minimum absolute atomic E-state index is 0.239. The zero-order valence-electron chi connectivity index (χ0n) is 8.96.